The largest absolute Gasteiger partial charge is 0.497 e. The average Bonchev–Trinajstić information content (AvgIpc) is 3.43. The molecule has 2 amide bonds. The van der Waals surface area contributed by atoms with Gasteiger partial charge in [-0.1, -0.05) is 5.16 Å². The fraction of sp³-hybridized carbons (Fsp3) is 0.250. The van der Waals surface area contributed by atoms with E-state index < -0.39 is 5.91 Å². The van der Waals surface area contributed by atoms with Crippen LogP contribution >= 0.6 is 0 Å². The van der Waals surface area contributed by atoms with E-state index in [0.29, 0.717) is 36.0 Å². The van der Waals surface area contributed by atoms with Crippen LogP contribution in [0.1, 0.15) is 16.1 Å². The van der Waals surface area contributed by atoms with Gasteiger partial charge in [0.15, 0.2) is 11.5 Å². The normalized spacial score (nSPS) is 10.4. The number of aromatic nitrogens is 1. The number of amides is 2. The first-order valence-electron chi connectivity index (χ1n) is 8.87. The molecule has 152 valence electrons. The van der Waals surface area contributed by atoms with E-state index >= 15 is 0 Å². The zero-order valence-electron chi connectivity index (χ0n) is 16.1. The second kappa shape index (κ2) is 9.45. The van der Waals surface area contributed by atoms with Crippen LogP contribution in [0.3, 0.4) is 0 Å². The highest BCUT2D eigenvalue weighted by atomic mass is 16.5. The maximum absolute atomic E-state index is 12.1. The van der Waals surface area contributed by atoms with E-state index in [4.69, 9.17) is 18.4 Å². The van der Waals surface area contributed by atoms with Crippen molar-refractivity contribution in [2.24, 2.45) is 0 Å². The summed E-state index contributed by atoms with van der Waals surface area (Å²) in [7, 11) is 3.17. The lowest BCUT2D eigenvalue weighted by Gasteiger charge is -2.11. The topological polar surface area (TPSA) is 116 Å². The van der Waals surface area contributed by atoms with Gasteiger partial charge < -0.3 is 29.0 Å². The number of carbonyl (C=O) groups is 2. The van der Waals surface area contributed by atoms with Crippen LogP contribution in [0.5, 0.6) is 11.5 Å². The second-order valence-electron chi connectivity index (χ2n) is 6.01. The van der Waals surface area contributed by atoms with Crippen LogP contribution in [0.15, 0.2) is 51.6 Å². The van der Waals surface area contributed by atoms with Gasteiger partial charge in [0.05, 0.1) is 27.0 Å². The summed E-state index contributed by atoms with van der Waals surface area (Å²) in [6.45, 7) is 0.196. The maximum atomic E-state index is 12.1. The van der Waals surface area contributed by atoms with Crippen LogP contribution in [-0.4, -0.2) is 44.3 Å². The van der Waals surface area contributed by atoms with E-state index in [1.807, 2.05) is 12.1 Å². The summed E-state index contributed by atoms with van der Waals surface area (Å²) in [5.41, 5.74) is 0.967. The molecular formula is C20H21N3O6. The van der Waals surface area contributed by atoms with Gasteiger partial charge in [0.1, 0.15) is 11.5 Å². The molecule has 0 unspecified atom stereocenters. The fourth-order valence-electron chi connectivity index (χ4n) is 2.64. The van der Waals surface area contributed by atoms with Crippen LogP contribution in [0.4, 0.5) is 0 Å². The van der Waals surface area contributed by atoms with Gasteiger partial charge in [0, 0.05) is 12.6 Å². The smallest absolute Gasteiger partial charge is 0.273 e. The third kappa shape index (κ3) is 5.16. The highest BCUT2D eigenvalue weighted by molar-refractivity contribution is 5.95. The second-order valence-corrected chi connectivity index (χ2v) is 6.01. The van der Waals surface area contributed by atoms with E-state index in [2.05, 4.69) is 15.8 Å². The molecule has 0 aliphatic carbocycles. The van der Waals surface area contributed by atoms with Crippen molar-refractivity contribution < 1.29 is 28.0 Å². The molecule has 0 fully saturated rings. The first-order valence-corrected chi connectivity index (χ1v) is 8.87. The number of benzene rings is 1. The standard InChI is InChI=1S/C20H21N3O6/c1-26-14-5-6-16(27-2)13(10-14)7-8-21-19(24)12-22-20(25)15-11-18(29-23-15)17-4-3-9-28-17/h3-6,9-11H,7-8,12H2,1-2H3,(H,21,24)(H,22,25). The van der Waals surface area contributed by atoms with E-state index in [0.717, 1.165) is 5.56 Å². The summed E-state index contributed by atoms with van der Waals surface area (Å²) in [6, 6.07) is 10.3. The van der Waals surface area contributed by atoms with Gasteiger partial charge in [-0.2, -0.15) is 0 Å². The predicted octanol–water partition coefficient (Wildman–Crippen LogP) is 2.04. The first-order chi connectivity index (χ1) is 14.1. The Bertz CT molecular complexity index is 965. The van der Waals surface area contributed by atoms with Crippen LogP contribution in [0.25, 0.3) is 11.5 Å². The summed E-state index contributed by atoms with van der Waals surface area (Å²) < 4.78 is 20.8. The number of carbonyl (C=O) groups excluding carboxylic acids is 2. The maximum Gasteiger partial charge on any atom is 0.273 e. The third-order valence-corrected chi connectivity index (χ3v) is 4.12. The Morgan fingerprint density at radius 1 is 1.07 bits per heavy atom. The molecule has 0 saturated carbocycles. The first kappa shape index (κ1) is 20.0. The number of ether oxygens (including phenoxy) is 2. The van der Waals surface area contributed by atoms with Crippen LogP contribution in [0.2, 0.25) is 0 Å². The molecule has 0 aliphatic heterocycles. The van der Waals surface area contributed by atoms with Crippen molar-refractivity contribution in [3.63, 3.8) is 0 Å². The molecule has 29 heavy (non-hydrogen) atoms. The molecule has 0 bridgehead atoms. The molecule has 9 nitrogen and oxygen atoms in total. The number of methoxy groups -OCH3 is 2. The van der Waals surface area contributed by atoms with Gasteiger partial charge in [0.2, 0.25) is 11.7 Å². The van der Waals surface area contributed by atoms with Crippen molar-refractivity contribution in [3.8, 4) is 23.0 Å². The number of nitrogens with one attached hydrogen (secondary N) is 2. The van der Waals surface area contributed by atoms with Crippen LogP contribution in [-0.2, 0) is 11.2 Å². The van der Waals surface area contributed by atoms with Crippen LogP contribution < -0.4 is 20.1 Å². The highest BCUT2D eigenvalue weighted by Gasteiger charge is 2.16. The van der Waals surface area contributed by atoms with Crippen molar-refractivity contribution in [1.29, 1.82) is 0 Å². The molecule has 2 N–H and O–H groups in total. The lowest BCUT2D eigenvalue weighted by Crippen LogP contribution is -2.37. The summed E-state index contributed by atoms with van der Waals surface area (Å²) in [5, 5.41) is 8.93. The molecule has 0 saturated heterocycles. The Hall–Kier alpha value is -3.75. The van der Waals surface area contributed by atoms with Gasteiger partial charge in [-0.05, 0) is 42.3 Å². The minimum absolute atomic E-state index is 0.0605. The van der Waals surface area contributed by atoms with Crippen molar-refractivity contribution in [3.05, 3.63) is 53.9 Å². The van der Waals surface area contributed by atoms with Gasteiger partial charge >= 0.3 is 0 Å². The Kier molecular flexibility index (Phi) is 6.51. The minimum atomic E-state index is -0.517. The zero-order valence-corrected chi connectivity index (χ0v) is 16.1. The Balaban J connectivity index is 1.45. The van der Waals surface area contributed by atoms with E-state index in [9.17, 15) is 9.59 Å². The van der Waals surface area contributed by atoms with Gasteiger partial charge in [0.25, 0.3) is 5.91 Å². The van der Waals surface area contributed by atoms with Crippen molar-refractivity contribution >= 4 is 11.8 Å². The van der Waals surface area contributed by atoms with Gasteiger partial charge in [-0.25, -0.2) is 0 Å². The number of hydrogen-bond donors (Lipinski definition) is 2. The van der Waals surface area contributed by atoms with Gasteiger partial charge in [-0.15, -0.1) is 0 Å². The number of furan rings is 1. The van der Waals surface area contributed by atoms with Crippen LogP contribution in [0, 0.1) is 0 Å². The summed E-state index contributed by atoms with van der Waals surface area (Å²) in [6.07, 6.45) is 2.04. The Labute approximate surface area is 167 Å². The summed E-state index contributed by atoms with van der Waals surface area (Å²) in [5.74, 6) is 1.37. The average molecular weight is 399 g/mol. The Morgan fingerprint density at radius 2 is 1.93 bits per heavy atom. The molecule has 9 heteroatoms. The number of nitrogens with zero attached hydrogens (tertiary/aromatic N) is 1. The summed E-state index contributed by atoms with van der Waals surface area (Å²) >= 11 is 0. The summed E-state index contributed by atoms with van der Waals surface area (Å²) in [4.78, 5) is 24.1. The molecule has 0 radical (unpaired) electrons. The van der Waals surface area contributed by atoms with E-state index in [1.54, 1.807) is 32.4 Å². The quantitative estimate of drug-likeness (QED) is 0.566. The molecule has 0 spiro atoms. The third-order valence-electron chi connectivity index (χ3n) is 4.12. The van der Waals surface area contributed by atoms with Crippen molar-refractivity contribution in [2.45, 2.75) is 6.42 Å². The highest BCUT2D eigenvalue weighted by Crippen LogP contribution is 2.24. The van der Waals surface area contributed by atoms with Gasteiger partial charge in [-0.3, -0.25) is 9.59 Å². The molecule has 2 heterocycles. The number of rotatable bonds is 9. The molecule has 2 aromatic heterocycles. The molecule has 3 rings (SSSR count). The molecular weight excluding hydrogens is 378 g/mol. The molecule has 3 aromatic rings. The zero-order chi connectivity index (χ0) is 20.6. The molecule has 1 aromatic carbocycles. The fourth-order valence-corrected chi connectivity index (χ4v) is 2.64. The number of hydrogen-bond acceptors (Lipinski definition) is 7. The minimum Gasteiger partial charge on any atom is -0.497 e. The van der Waals surface area contributed by atoms with Crippen molar-refractivity contribution in [2.75, 3.05) is 27.3 Å². The monoisotopic (exact) mass is 399 g/mol. The lowest BCUT2D eigenvalue weighted by atomic mass is 10.1. The Morgan fingerprint density at radius 3 is 2.66 bits per heavy atom. The molecule has 0 atom stereocenters. The SMILES string of the molecule is COc1ccc(OC)c(CCNC(=O)CNC(=O)c2cc(-c3ccco3)on2)c1. The predicted molar refractivity (Wildman–Crippen MR) is 103 cm³/mol. The van der Waals surface area contributed by atoms with E-state index in [1.165, 1.54) is 12.3 Å². The van der Waals surface area contributed by atoms with E-state index in [-0.39, 0.29) is 18.1 Å². The lowest BCUT2D eigenvalue weighted by molar-refractivity contribution is -0.120. The van der Waals surface area contributed by atoms with Crippen molar-refractivity contribution in [1.82, 2.24) is 15.8 Å². The molecule has 0 aliphatic rings.